The first-order valence-electron chi connectivity index (χ1n) is 4.08. The summed E-state index contributed by atoms with van der Waals surface area (Å²) in [6.45, 7) is 4.24. The van der Waals surface area contributed by atoms with Gasteiger partial charge in [-0.25, -0.2) is 0 Å². The average Bonchev–Trinajstić information content (AvgIpc) is 2.04. The summed E-state index contributed by atoms with van der Waals surface area (Å²) in [7, 11) is 1.68. The third-order valence-corrected chi connectivity index (χ3v) is 1.88. The lowest BCUT2D eigenvalue weighted by molar-refractivity contribution is 0.407. The zero-order valence-corrected chi connectivity index (χ0v) is 9.02. The Morgan fingerprint density at radius 1 is 1.31 bits per heavy atom. The van der Waals surface area contributed by atoms with Crippen LogP contribution in [-0.2, 0) is 0 Å². The zero-order valence-electron chi connectivity index (χ0n) is 8.20. The third-order valence-electron chi connectivity index (χ3n) is 1.88. The van der Waals surface area contributed by atoms with Gasteiger partial charge in [0.1, 0.15) is 5.75 Å². The summed E-state index contributed by atoms with van der Waals surface area (Å²) in [6.07, 6.45) is 0. The van der Waals surface area contributed by atoms with Gasteiger partial charge in [-0.15, -0.1) is 12.4 Å². The summed E-state index contributed by atoms with van der Waals surface area (Å²) in [4.78, 5) is 0. The maximum absolute atomic E-state index is 5.66. The quantitative estimate of drug-likeness (QED) is 0.747. The van der Waals surface area contributed by atoms with Crippen molar-refractivity contribution in [2.24, 2.45) is 0 Å². The number of methoxy groups -OCH3 is 1. The summed E-state index contributed by atoms with van der Waals surface area (Å²) in [5.41, 5.74) is 7.62. The molecule has 1 rings (SSSR count). The van der Waals surface area contributed by atoms with Gasteiger partial charge < -0.3 is 10.5 Å². The summed E-state index contributed by atoms with van der Waals surface area (Å²) in [5, 5.41) is 0. The minimum absolute atomic E-state index is 0. The van der Waals surface area contributed by atoms with E-state index in [-0.39, 0.29) is 12.4 Å². The number of hydrogen-bond acceptors (Lipinski definition) is 2. The molecule has 1 aromatic rings. The second kappa shape index (κ2) is 4.97. The molecular weight excluding hydrogens is 186 g/mol. The summed E-state index contributed by atoms with van der Waals surface area (Å²) < 4.78 is 5.21. The maximum Gasteiger partial charge on any atom is 0.122 e. The van der Waals surface area contributed by atoms with Gasteiger partial charge in [-0.3, -0.25) is 0 Å². The van der Waals surface area contributed by atoms with E-state index in [9.17, 15) is 0 Å². The van der Waals surface area contributed by atoms with Crippen molar-refractivity contribution in [2.75, 3.05) is 12.8 Å². The highest BCUT2D eigenvalue weighted by Gasteiger charge is 2.06. The van der Waals surface area contributed by atoms with Crippen molar-refractivity contribution in [3.8, 4) is 5.75 Å². The second-order valence-electron chi connectivity index (χ2n) is 3.16. The predicted octanol–water partition coefficient (Wildman–Crippen LogP) is 2.82. The van der Waals surface area contributed by atoms with E-state index < -0.39 is 0 Å². The Morgan fingerprint density at radius 2 is 1.92 bits per heavy atom. The smallest absolute Gasteiger partial charge is 0.122 e. The molecule has 0 aliphatic carbocycles. The molecule has 0 aliphatic rings. The molecule has 0 spiro atoms. The van der Waals surface area contributed by atoms with Crippen LogP contribution in [0.5, 0.6) is 5.75 Å². The Hall–Kier alpha value is -0.890. The predicted molar refractivity (Wildman–Crippen MR) is 58.7 cm³/mol. The van der Waals surface area contributed by atoms with Gasteiger partial charge in [0.15, 0.2) is 0 Å². The van der Waals surface area contributed by atoms with Crippen molar-refractivity contribution in [3.63, 3.8) is 0 Å². The number of halogens is 1. The minimum atomic E-state index is 0. The van der Waals surface area contributed by atoms with Crippen molar-refractivity contribution in [2.45, 2.75) is 19.8 Å². The summed E-state index contributed by atoms with van der Waals surface area (Å²) in [5.74, 6) is 1.36. The molecule has 0 heterocycles. The van der Waals surface area contributed by atoms with E-state index in [1.54, 1.807) is 7.11 Å². The Kier molecular flexibility index (Phi) is 4.63. The number of nitrogen functional groups attached to an aromatic ring is 1. The van der Waals surface area contributed by atoms with Gasteiger partial charge in [-0.05, 0) is 29.7 Å². The van der Waals surface area contributed by atoms with Crippen LogP contribution in [0.1, 0.15) is 25.3 Å². The standard InChI is InChI=1S/C10H15NO.ClH/c1-7(2)9-6-8(11)4-5-10(9)12-3;/h4-7H,11H2,1-3H3;1H. The molecule has 0 aromatic heterocycles. The first-order valence-corrected chi connectivity index (χ1v) is 4.08. The van der Waals surface area contributed by atoms with Gasteiger partial charge in [0.2, 0.25) is 0 Å². The normalized spacial score (nSPS) is 9.54. The van der Waals surface area contributed by atoms with Crippen LogP contribution in [0.15, 0.2) is 18.2 Å². The van der Waals surface area contributed by atoms with E-state index in [1.807, 2.05) is 18.2 Å². The topological polar surface area (TPSA) is 35.2 Å². The van der Waals surface area contributed by atoms with E-state index in [1.165, 1.54) is 0 Å². The van der Waals surface area contributed by atoms with Crippen LogP contribution in [0.2, 0.25) is 0 Å². The highest BCUT2D eigenvalue weighted by molar-refractivity contribution is 5.85. The summed E-state index contributed by atoms with van der Waals surface area (Å²) in [6, 6.07) is 5.72. The van der Waals surface area contributed by atoms with Crippen molar-refractivity contribution < 1.29 is 4.74 Å². The Morgan fingerprint density at radius 3 is 2.38 bits per heavy atom. The molecule has 13 heavy (non-hydrogen) atoms. The van der Waals surface area contributed by atoms with E-state index in [0.717, 1.165) is 17.0 Å². The Labute approximate surface area is 85.5 Å². The van der Waals surface area contributed by atoms with E-state index in [4.69, 9.17) is 10.5 Å². The van der Waals surface area contributed by atoms with Gasteiger partial charge >= 0.3 is 0 Å². The van der Waals surface area contributed by atoms with Crippen LogP contribution in [0.4, 0.5) is 5.69 Å². The van der Waals surface area contributed by atoms with Crippen molar-refractivity contribution in [1.29, 1.82) is 0 Å². The Balaban J connectivity index is 0.00000144. The van der Waals surface area contributed by atoms with Crippen LogP contribution in [-0.4, -0.2) is 7.11 Å². The van der Waals surface area contributed by atoms with Crippen LogP contribution in [0, 0.1) is 0 Å². The van der Waals surface area contributed by atoms with Gasteiger partial charge in [0.05, 0.1) is 7.11 Å². The van der Waals surface area contributed by atoms with E-state index in [0.29, 0.717) is 5.92 Å². The van der Waals surface area contributed by atoms with Crippen molar-refractivity contribution in [3.05, 3.63) is 23.8 Å². The molecule has 0 fully saturated rings. The lowest BCUT2D eigenvalue weighted by atomic mass is 10.0. The molecule has 0 unspecified atom stereocenters. The summed E-state index contributed by atoms with van der Waals surface area (Å²) >= 11 is 0. The molecule has 74 valence electrons. The number of nitrogens with two attached hydrogens (primary N) is 1. The number of benzene rings is 1. The first kappa shape index (κ1) is 12.1. The van der Waals surface area contributed by atoms with Crippen molar-refractivity contribution in [1.82, 2.24) is 0 Å². The molecule has 2 nitrogen and oxygen atoms in total. The van der Waals surface area contributed by atoms with Crippen LogP contribution in [0.25, 0.3) is 0 Å². The Bertz CT molecular complexity index is 274. The van der Waals surface area contributed by atoms with Gasteiger partial charge in [0, 0.05) is 5.69 Å². The molecule has 3 heteroatoms. The maximum atomic E-state index is 5.66. The molecule has 0 bridgehead atoms. The largest absolute Gasteiger partial charge is 0.496 e. The average molecular weight is 202 g/mol. The molecular formula is C10H16ClNO. The molecule has 2 N–H and O–H groups in total. The van der Waals surface area contributed by atoms with Crippen LogP contribution in [0.3, 0.4) is 0 Å². The fourth-order valence-corrected chi connectivity index (χ4v) is 1.20. The van der Waals surface area contributed by atoms with Crippen LogP contribution >= 0.6 is 12.4 Å². The number of ether oxygens (including phenoxy) is 1. The van der Waals surface area contributed by atoms with Gasteiger partial charge in [-0.2, -0.15) is 0 Å². The monoisotopic (exact) mass is 201 g/mol. The minimum Gasteiger partial charge on any atom is -0.496 e. The first-order chi connectivity index (χ1) is 5.65. The number of hydrogen-bond donors (Lipinski definition) is 1. The second-order valence-corrected chi connectivity index (χ2v) is 3.16. The number of anilines is 1. The van der Waals surface area contributed by atoms with Crippen molar-refractivity contribution >= 4 is 18.1 Å². The molecule has 0 amide bonds. The molecule has 0 saturated heterocycles. The lowest BCUT2D eigenvalue weighted by Crippen LogP contribution is -1.96. The van der Waals surface area contributed by atoms with E-state index >= 15 is 0 Å². The highest BCUT2D eigenvalue weighted by atomic mass is 35.5. The van der Waals surface area contributed by atoms with E-state index in [2.05, 4.69) is 13.8 Å². The number of rotatable bonds is 2. The fraction of sp³-hybridized carbons (Fsp3) is 0.400. The molecule has 0 radical (unpaired) electrons. The molecule has 1 aromatic carbocycles. The SMILES string of the molecule is COc1ccc(N)cc1C(C)C.Cl. The van der Waals surface area contributed by atoms with Gasteiger partial charge in [-0.1, -0.05) is 13.8 Å². The lowest BCUT2D eigenvalue weighted by Gasteiger charge is -2.11. The highest BCUT2D eigenvalue weighted by Crippen LogP contribution is 2.27. The fourth-order valence-electron chi connectivity index (χ4n) is 1.20. The zero-order chi connectivity index (χ0) is 9.14. The van der Waals surface area contributed by atoms with Crippen LogP contribution < -0.4 is 10.5 Å². The third kappa shape index (κ3) is 2.81. The van der Waals surface area contributed by atoms with Gasteiger partial charge in [0.25, 0.3) is 0 Å². The molecule has 0 saturated carbocycles. The molecule has 0 atom stereocenters. The molecule has 0 aliphatic heterocycles.